The molecule has 0 saturated heterocycles. The first kappa shape index (κ1) is 14.9. The van der Waals surface area contributed by atoms with Gasteiger partial charge >= 0.3 is 11.8 Å². The van der Waals surface area contributed by atoms with E-state index in [1.165, 1.54) is 6.92 Å². The minimum absolute atomic E-state index is 0.451. The Balaban J connectivity index is 2.24. The molecule has 0 fully saturated rings. The van der Waals surface area contributed by atoms with Crippen molar-refractivity contribution in [2.24, 2.45) is 0 Å². The second kappa shape index (κ2) is 5.00. The van der Waals surface area contributed by atoms with E-state index in [4.69, 9.17) is 21.1 Å². The molecule has 0 saturated carbocycles. The van der Waals surface area contributed by atoms with Gasteiger partial charge in [-0.1, -0.05) is 41.9 Å². The zero-order valence-electron chi connectivity index (χ0n) is 12.2. The number of ether oxygens (including phenoxy) is 2. The summed E-state index contributed by atoms with van der Waals surface area (Å²) < 4.78 is 11.5. The summed E-state index contributed by atoms with van der Waals surface area (Å²) in [5.41, 5.74) is 0.548. The molecule has 2 aromatic rings. The highest BCUT2D eigenvalue weighted by atomic mass is 35.5. The van der Waals surface area contributed by atoms with Crippen molar-refractivity contribution in [1.29, 1.82) is 0 Å². The molecule has 0 bridgehead atoms. The molecule has 1 heterocycles. The Morgan fingerprint density at radius 3 is 2.45 bits per heavy atom. The number of fused-ring (bicyclic) bond motifs is 1. The number of aliphatic carboxylic acids is 1. The molecule has 0 aromatic heterocycles. The lowest BCUT2D eigenvalue weighted by atomic mass is 9.86. The number of halogens is 1. The Labute approximate surface area is 133 Å². The molecule has 3 rings (SSSR count). The second-order valence-electron chi connectivity index (χ2n) is 5.49. The maximum atomic E-state index is 11.6. The van der Waals surface area contributed by atoms with E-state index in [2.05, 4.69) is 0 Å². The summed E-state index contributed by atoms with van der Waals surface area (Å²) in [6.07, 6.45) is 0. The predicted molar refractivity (Wildman–Crippen MR) is 82.1 cm³/mol. The van der Waals surface area contributed by atoms with Crippen molar-refractivity contribution in [2.45, 2.75) is 25.2 Å². The molecule has 5 heteroatoms. The number of carbonyl (C=O) groups is 1. The molecular weight excluding hydrogens is 304 g/mol. The summed E-state index contributed by atoms with van der Waals surface area (Å²) in [6.45, 7) is 3.22. The Morgan fingerprint density at radius 1 is 1.14 bits per heavy atom. The highest BCUT2D eigenvalue weighted by Crippen LogP contribution is 2.47. The molecule has 0 radical (unpaired) electrons. The fourth-order valence-corrected chi connectivity index (χ4v) is 2.87. The SMILES string of the molecule is C[C@]1(C(=O)O)Oc2ccc(Cl)cc2[C@](C)(c2ccccc2)O1. The summed E-state index contributed by atoms with van der Waals surface area (Å²) in [6, 6.07) is 14.5. The van der Waals surface area contributed by atoms with Crippen LogP contribution in [0.3, 0.4) is 0 Å². The fourth-order valence-electron chi connectivity index (χ4n) is 2.70. The van der Waals surface area contributed by atoms with Crippen molar-refractivity contribution >= 4 is 17.6 Å². The van der Waals surface area contributed by atoms with Gasteiger partial charge in [-0.05, 0) is 30.7 Å². The molecule has 1 N–H and O–H groups in total. The van der Waals surface area contributed by atoms with E-state index in [1.807, 2.05) is 37.3 Å². The average molecular weight is 319 g/mol. The molecular formula is C17H15ClO4. The maximum Gasteiger partial charge on any atom is 0.377 e. The van der Waals surface area contributed by atoms with Crippen LogP contribution in [0, 0.1) is 0 Å². The summed E-state index contributed by atoms with van der Waals surface area (Å²) in [4.78, 5) is 11.6. The minimum atomic E-state index is -1.77. The highest BCUT2D eigenvalue weighted by molar-refractivity contribution is 6.30. The Morgan fingerprint density at radius 2 is 1.82 bits per heavy atom. The van der Waals surface area contributed by atoms with Crippen LogP contribution < -0.4 is 4.74 Å². The van der Waals surface area contributed by atoms with Crippen molar-refractivity contribution < 1.29 is 19.4 Å². The van der Waals surface area contributed by atoms with Crippen molar-refractivity contribution in [3.63, 3.8) is 0 Å². The Bertz CT molecular complexity index is 731. The van der Waals surface area contributed by atoms with Crippen LogP contribution in [0.1, 0.15) is 25.0 Å². The third-order valence-electron chi connectivity index (χ3n) is 3.87. The van der Waals surface area contributed by atoms with Crippen molar-refractivity contribution in [3.8, 4) is 5.75 Å². The van der Waals surface area contributed by atoms with Crippen LogP contribution in [-0.2, 0) is 15.1 Å². The van der Waals surface area contributed by atoms with Gasteiger partial charge in [0.1, 0.15) is 11.4 Å². The van der Waals surface area contributed by atoms with E-state index in [0.29, 0.717) is 16.3 Å². The van der Waals surface area contributed by atoms with Gasteiger partial charge in [-0.3, -0.25) is 0 Å². The molecule has 1 aliphatic heterocycles. The smallest absolute Gasteiger partial charge is 0.377 e. The minimum Gasteiger partial charge on any atom is -0.476 e. The van der Waals surface area contributed by atoms with Gasteiger partial charge in [0, 0.05) is 17.5 Å². The van der Waals surface area contributed by atoms with Crippen molar-refractivity contribution in [1.82, 2.24) is 0 Å². The molecule has 114 valence electrons. The van der Waals surface area contributed by atoms with E-state index in [-0.39, 0.29) is 0 Å². The largest absolute Gasteiger partial charge is 0.476 e. The van der Waals surface area contributed by atoms with Crippen molar-refractivity contribution in [3.05, 3.63) is 64.7 Å². The standard InChI is InChI=1S/C17H15ClO4/c1-16(11-6-4-3-5-7-11)13-10-12(18)8-9-14(13)21-17(2,22-16)15(19)20/h3-10H,1-2H3,(H,19,20)/t16-,17-/m0/s1. The molecule has 0 unspecified atom stereocenters. The van der Waals surface area contributed by atoms with Gasteiger partial charge in [-0.15, -0.1) is 0 Å². The van der Waals surface area contributed by atoms with Gasteiger partial charge in [-0.25, -0.2) is 4.79 Å². The van der Waals surface area contributed by atoms with E-state index in [1.54, 1.807) is 18.2 Å². The first-order chi connectivity index (χ1) is 10.3. The molecule has 0 amide bonds. The zero-order valence-corrected chi connectivity index (χ0v) is 12.9. The lowest BCUT2D eigenvalue weighted by Gasteiger charge is -2.44. The molecule has 0 spiro atoms. The normalized spacial score (nSPS) is 26.9. The second-order valence-corrected chi connectivity index (χ2v) is 5.93. The van der Waals surface area contributed by atoms with E-state index in [9.17, 15) is 9.90 Å². The third kappa shape index (κ3) is 2.25. The van der Waals surface area contributed by atoms with Crippen LogP contribution in [0.5, 0.6) is 5.75 Å². The van der Waals surface area contributed by atoms with Gasteiger partial charge in [0.05, 0.1) is 0 Å². The van der Waals surface area contributed by atoms with Crippen LogP contribution in [0.15, 0.2) is 48.5 Å². The molecule has 2 aromatic carbocycles. The van der Waals surface area contributed by atoms with E-state index < -0.39 is 17.4 Å². The first-order valence-electron chi connectivity index (χ1n) is 6.83. The highest BCUT2D eigenvalue weighted by Gasteiger charge is 2.51. The van der Waals surface area contributed by atoms with Crippen LogP contribution in [0.4, 0.5) is 0 Å². The van der Waals surface area contributed by atoms with Crippen molar-refractivity contribution in [2.75, 3.05) is 0 Å². The molecule has 22 heavy (non-hydrogen) atoms. The number of carboxylic acid groups (broad SMARTS) is 1. The molecule has 1 aliphatic rings. The number of benzene rings is 2. The number of rotatable bonds is 2. The summed E-state index contributed by atoms with van der Waals surface area (Å²) in [7, 11) is 0. The van der Waals surface area contributed by atoms with E-state index >= 15 is 0 Å². The Kier molecular flexibility index (Phi) is 3.38. The zero-order chi connectivity index (χ0) is 16.0. The third-order valence-corrected chi connectivity index (χ3v) is 4.11. The summed E-state index contributed by atoms with van der Waals surface area (Å²) in [5, 5.41) is 10.0. The maximum absolute atomic E-state index is 11.6. The lowest BCUT2D eigenvalue weighted by molar-refractivity contribution is -0.249. The van der Waals surface area contributed by atoms with Gasteiger partial charge in [0.25, 0.3) is 0 Å². The average Bonchev–Trinajstić information content (AvgIpc) is 2.49. The number of hydrogen-bond donors (Lipinski definition) is 1. The lowest BCUT2D eigenvalue weighted by Crippen LogP contribution is -2.53. The topological polar surface area (TPSA) is 55.8 Å². The van der Waals surface area contributed by atoms with Crippen LogP contribution in [-0.4, -0.2) is 16.9 Å². The van der Waals surface area contributed by atoms with Gasteiger partial charge in [-0.2, -0.15) is 0 Å². The molecule has 0 aliphatic carbocycles. The predicted octanol–water partition coefficient (Wildman–Crippen LogP) is 3.81. The fraction of sp³-hybridized carbons (Fsp3) is 0.235. The molecule has 4 nitrogen and oxygen atoms in total. The van der Waals surface area contributed by atoms with Crippen LogP contribution in [0.2, 0.25) is 5.02 Å². The summed E-state index contributed by atoms with van der Waals surface area (Å²) in [5.74, 6) is -2.51. The summed E-state index contributed by atoms with van der Waals surface area (Å²) >= 11 is 6.10. The first-order valence-corrected chi connectivity index (χ1v) is 7.21. The number of carboxylic acids is 1. The van der Waals surface area contributed by atoms with Gasteiger partial charge < -0.3 is 14.6 Å². The number of hydrogen-bond acceptors (Lipinski definition) is 3. The van der Waals surface area contributed by atoms with Crippen LogP contribution in [0.25, 0.3) is 0 Å². The van der Waals surface area contributed by atoms with E-state index in [0.717, 1.165) is 5.56 Å². The quantitative estimate of drug-likeness (QED) is 0.914. The van der Waals surface area contributed by atoms with Crippen LogP contribution >= 0.6 is 11.6 Å². The van der Waals surface area contributed by atoms with Gasteiger partial charge in [0.2, 0.25) is 0 Å². The monoisotopic (exact) mass is 318 g/mol. The Hall–Kier alpha value is -2.04. The molecule has 2 atom stereocenters. The van der Waals surface area contributed by atoms with Gasteiger partial charge in [0.15, 0.2) is 0 Å².